The van der Waals surface area contributed by atoms with Crippen molar-refractivity contribution in [3.05, 3.63) is 35.9 Å². The largest absolute Gasteiger partial charge is 0.387 e. The molecule has 1 aromatic rings. The van der Waals surface area contributed by atoms with Crippen LogP contribution in [0.25, 0.3) is 0 Å². The highest BCUT2D eigenvalue weighted by molar-refractivity contribution is 7.87. The van der Waals surface area contributed by atoms with Gasteiger partial charge in [-0.25, -0.2) is 0 Å². The SMILES string of the molecule is CC(C)N(C)S(=O)(=O)NCC(O)c1ccccc1. The summed E-state index contributed by atoms with van der Waals surface area (Å²) in [7, 11) is -2.04. The zero-order valence-corrected chi connectivity index (χ0v) is 11.7. The van der Waals surface area contributed by atoms with E-state index < -0.39 is 16.3 Å². The first-order valence-electron chi connectivity index (χ1n) is 5.80. The lowest BCUT2D eigenvalue weighted by Gasteiger charge is -2.22. The second-order valence-electron chi connectivity index (χ2n) is 4.39. The molecule has 0 aromatic heterocycles. The van der Waals surface area contributed by atoms with Gasteiger partial charge in [-0.1, -0.05) is 30.3 Å². The summed E-state index contributed by atoms with van der Waals surface area (Å²) in [5, 5.41) is 9.86. The van der Waals surface area contributed by atoms with Gasteiger partial charge in [-0.2, -0.15) is 17.4 Å². The predicted molar refractivity (Wildman–Crippen MR) is 71.2 cm³/mol. The molecule has 0 aliphatic rings. The molecule has 0 heterocycles. The molecule has 0 saturated heterocycles. The van der Waals surface area contributed by atoms with Crippen LogP contribution >= 0.6 is 0 Å². The molecule has 2 N–H and O–H groups in total. The van der Waals surface area contributed by atoms with Crippen molar-refractivity contribution in [1.29, 1.82) is 0 Å². The Kier molecular flexibility index (Phi) is 5.28. The number of aliphatic hydroxyl groups excluding tert-OH is 1. The number of nitrogens with zero attached hydrogens (tertiary/aromatic N) is 1. The van der Waals surface area contributed by atoms with Crippen LogP contribution in [0, 0.1) is 0 Å². The number of hydrogen-bond donors (Lipinski definition) is 2. The standard InChI is InChI=1S/C12H20N2O3S/c1-10(2)14(3)18(16,17)13-9-12(15)11-7-5-4-6-8-11/h4-8,10,12-13,15H,9H2,1-3H3. The van der Waals surface area contributed by atoms with Gasteiger partial charge in [-0.15, -0.1) is 0 Å². The molecule has 0 bridgehead atoms. The molecule has 0 fully saturated rings. The Balaban J connectivity index is 2.61. The molecular formula is C12H20N2O3S. The van der Waals surface area contributed by atoms with Gasteiger partial charge in [0.15, 0.2) is 0 Å². The molecule has 0 amide bonds. The molecule has 1 unspecified atom stereocenters. The quantitative estimate of drug-likeness (QED) is 0.808. The van der Waals surface area contributed by atoms with E-state index in [1.54, 1.807) is 38.1 Å². The number of aliphatic hydroxyl groups is 1. The highest BCUT2D eigenvalue weighted by Gasteiger charge is 2.21. The Labute approximate surface area is 109 Å². The molecule has 5 nitrogen and oxygen atoms in total. The molecule has 1 aromatic carbocycles. The highest BCUT2D eigenvalue weighted by atomic mass is 32.2. The third kappa shape index (κ3) is 4.06. The molecule has 0 radical (unpaired) electrons. The zero-order chi connectivity index (χ0) is 13.8. The lowest BCUT2D eigenvalue weighted by Crippen LogP contribution is -2.43. The molecule has 6 heteroatoms. The summed E-state index contributed by atoms with van der Waals surface area (Å²) in [6, 6.07) is 8.82. The second-order valence-corrected chi connectivity index (χ2v) is 6.20. The van der Waals surface area contributed by atoms with E-state index in [1.807, 2.05) is 6.07 Å². The summed E-state index contributed by atoms with van der Waals surface area (Å²) < 4.78 is 27.2. The first-order valence-corrected chi connectivity index (χ1v) is 7.24. The van der Waals surface area contributed by atoms with Gasteiger partial charge in [-0.05, 0) is 19.4 Å². The molecule has 18 heavy (non-hydrogen) atoms. The molecule has 102 valence electrons. The van der Waals surface area contributed by atoms with Crippen molar-refractivity contribution in [2.24, 2.45) is 0 Å². The number of rotatable bonds is 6. The van der Waals surface area contributed by atoms with Crippen LogP contribution < -0.4 is 4.72 Å². The van der Waals surface area contributed by atoms with E-state index in [0.29, 0.717) is 5.56 Å². The monoisotopic (exact) mass is 272 g/mol. The molecule has 1 atom stereocenters. The second kappa shape index (κ2) is 6.29. The van der Waals surface area contributed by atoms with Gasteiger partial charge < -0.3 is 5.11 Å². The first-order chi connectivity index (χ1) is 8.34. The highest BCUT2D eigenvalue weighted by Crippen LogP contribution is 2.11. The maximum atomic E-state index is 11.8. The number of hydrogen-bond acceptors (Lipinski definition) is 3. The van der Waals surface area contributed by atoms with E-state index in [0.717, 1.165) is 0 Å². The molecule has 0 saturated carbocycles. The molecule has 0 aliphatic heterocycles. The van der Waals surface area contributed by atoms with Crippen LogP contribution in [-0.2, 0) is 10.2 Å². The van der Waals surface area contributed by atoms with Crippen LogP contribution in [0.2, 0.25) is 0 Å². The smallest absolute Gasteiger partial charge is 0.279 e. The van der Waals surface area contributed by atoms with Crippen molar-refractivity contribution in [2.75, 3.05) is 13.6 Å². The van der Waals surface area contributed by atoms with Gasteiger partial charge >= 0.3 is 0 Å². The predicted octanol–water partition coefficient (Wildman–Crippen LogP) is 0.895. The topological polar surface area (TPSA) is 69.6 Å². The molecule has 0 spiro atoms. The van der Waals surface area contributed by atoms with Crippen molar-refractivity contribution < 1.29 is 13.5 Å². The van der Waals surface area contributed by atoms with Crippen LogP contribution in [0.15, 0.2) is 30.3 Å². The van der Waals surface area contributed by atoms with Crippen molar-refractivity contribution in [2.45, 2.75) is 26.0 Å². The van der Waals surface area contributed by atoms with E-state index in [9.17, 15) is 13.5 Å². The number of benzene rings is 1. The van der Waals surface area contributed by atoms with Crippen molar-refractivity contribution >= 4 is 10.2 Å². The summed E-state index contributed by atoms with van der Waals surface area (Å²) in [5.41, 5.74) is 0.687. The Morgan fingerprint density at radius 1 is 1.28 bits per heavy atom. The summed E-state index contributed by atoms with van der Waals surface area (Å²) in [6.45, 7) is 3.53. The zero-order valence-electron chi connectivity index (χ0n) is 10.9. The fourth-order valence-corrected chi connectivity index (χ4v) is 2.48. The van der Waals surface area contributed by atoms with Crippen molar-refractivity contribution in [1.82, 2.24) is 9.03 Å². The Hall–Kier alpha value is -0.950. The summed E-state index contributed by atoms with van der Waals surface area (Å²) in [6.07, 6.45) is -0.846. The minimum absolute atomic E-state index is 0.0383. The molecular weight excluding hydrogens is 252 g/mol. The fraction of sp³-hybridized carbons (Fsp3) is 0.500. The average molecular weight is 272 g/mol. The normalized spacial score (nSPS) is 14.1. The van der Waals surface area contributed by atoms with Gasteiger partial charge in [0.05, 0.1) is 6.10 Å². The van der Waals surface area contributed by atoms with Crippen LogP contribution in [-0.4, -0.2) is 37.5 Å². The lowest BCUT2D eigenvalue weighted by atomic mass is 10.1. The summed E-state index contributed by atoms with van der Waals surface area (Å²) >= 11 is 0. The van der Waals surface area contributed by atoms with Crippen LogP contribution in [0.3, 0.4) is 0 Å². The summed E-state index contributed by atoms with van der Waals surface area (Å²) in [4.78, 5) is 0. The van der Waals surface area contributed by atoms with E-state index in [2.05, 4.69) is 4.72 Å². The minimum atomic E-state index is -3.54. The van der Waals surface area contributed by atoms with Gasteiger partial charge in [0.2, 0.25) is 0 Å². The fourth-order valence-electron chi connectivity index (χ4n) is 1.36. The van der Waals surface area contributed by atoms with E-state index in [-0.39, 0.29) is 12.6 Å². The van der Waals surface area contributed by atoms with Crippen molar-refractivity contribution in [3.63, 3.8) is 0 Å². The van der Waals surface area contributed by atoms with E-state index in [1.165, 1.54) is 11.4 Å². The maximum Gasteiger partial charge on any atom is 0.279 e. The maximum absolute atomic E-state index is 11.8. The summed E-state index contributed by atoms with van der Waals surface area (Å²) in [5.74, 6) is 0. The lowest BCUT2D eigenvalue weighted by molar-refractivity contribution is 0.181. The van der Waals surface area contributed by atoms with Crippen LogP contribution in [0.4, 0.5) is 0 Å². The molecule has 1 rings (SSSR count). The third-order valence-corrected chi connectivity index (χ3v) is 4.46. The minimum Gasteiger partial charge on any atom is -0.387 e. The average Bonchev–Trinajstić information content (AvgIpc) is 2.36. The van der Waals surface area contributed by atoms with E-state index in [4.69, 9.17) is 0 Å². The van der Waals surface area contributed by atoms with Gasteiger partial charge in [0, 0.05) is 19.6 Å². The number of nitrogens with one attached hydrogen (secondary N) is 1. The van der Waals surface area contributed by atoms with Gasteiger partial charge in [-0.3, -0.25) is 0 Å². The van der Waals surface area contributed by atoms with Crippen LogP contribution in [0.1, 0.15) is 25.5 Å². The Bertz CT molecular complexity index is 459. The third-order valence-electron chi connectivity index (χ3n) is 2.75. The van der Waals surface area contributed by atoms with Gasteiger partial charge in [0.25, 0.3) is 10.2 Å². The van der Waals surface area contributed by atoms with Crippen LogP contribution in [0.5, 0.6) is 0 Å². The van der Waals surface area contributed by atoms with Gasteiger partial charge in [0.1, 0.15) is 0 Å². The Morgan fingerprint density at radius 2 is 1.83 bits per heavy atom. The van der Waals surface area contributed by atoms with E-state index >= 15 is 0 Å². The Morgan fingerprint density at radius 3 is 2.33 bits per heavy atom. The van der Waals surface area contributed by atoms with Crippen molar-refractivity contribution in [3.8, 4) is 0 Å². The first kappa shape index (κ1) is 15.1. The molecule has 0 aliphatic carbocycles.